The van der Waals surface area contributed by atoms with Crippen LogP contribution < -0.4 is 5.32 Å². The van der Waals surface area contributed by atoms with Gasteiger partial charge in [-0.25, -0.2) is 0 Å². The van der Waals surface area contributed by atoms with Crippen LogP contribution in [0.3, 0.4) is 0 Å². The summed E-state index contributed by atoms with van der Waals surface area (Å²) in [5.41, 5.74) is 1.18. The van der Waals surface area contributed by atoms with Gasteiger partial charge in [0.2, 0.25) is 5.91 Å². The molecule has 0 aliphatic carbocycles. The number of benzene rings is 1. The minimum absolute atomic E-state index is 0.0855. The molecule has 156 valence electrons. The van der Waals surface area contributed by atoms with Crippen molar-refractivity contribution in [2.45, 2.75) is 45.2 Å². The van der Waals surface area contributed by atoms with Gasteiger partial charge in [-0.3, -0.25) is 14.5 Å². The molecule has 6 heteroatoms. The van der Waals surface area contributed by atoms with Gasteiger partial charge in [0.1, 0.15) is 6.04 Å². The Kier molecular flexibility index (Phi) is 7.47. The van der Waals surface area contributed by atoms with Crippen molar-refractivity contribution in [2.24, 2.45) is 0 Å². The number of nitrogens with zero attached hydrogens (tertiary/aromatic N) is 2. The van der Waals surface area contributed by atoms with Crippen LogP contribution in [0.1, 0.15) is 55.3 Å². The summed E-state index contributed by atoms with van der Waals surface area (Å²) in [5, 5.41) is 3.13. The van der Waals surface area contributed by atoms with Crippen LogP contribution in [0.2, 0.25) is 0 Å². The normalized spacial score (nSPS) is 17.9. The van der Waals surface area contributed by atoms with Crippen LogP contribution >= 0.6 is 0 Å². The van der Waals surface area contributed by atoms with Crippen molar-refractivity contribution >= 4 is 11.8 Å². The number of nitrogens with one attached hydrogen (secondary N) is 1. The van der Waals surface area contributed by atoms with Crippen LogP contribution in [0.5, 0.6) is 0 Å². The van der Waals surface area contributed by atoms with Crippen LogP contribution in [0.25, 0.3) is 0 Å². The van der Waals surface area contributed by atoms with Crippen LogP contribution in [0.4, 0.5) is 0 Å². The Bertz CT molecular complexity index is 772. The van der Waals surface area contributed by atoms with Gasteiger partial charge in [0.25, 0.3) is 5.91 Å². The monoisotopic (exact) mass is 397 g/mol. The molecule has 3 rings (SSSR count). The lowest BCUT2D eigenvalue weighted by molar-refractivity contribution is -0.127. The van der Waals surface area contributed by atoms with E-state index in [9.17, 15) is 9.59 Å². The van der Waals surface area contributed by atoms with E-state index in [2.05, 4.69) is 36.2 Å². The Balaban J connectivity index is 1.70. The first kappa shape index (κ1) is 21.1. The van der Waals surface area contributed by atoms with E-state index >= 15 is 0 Å². The van der Waals surface area contributed by atoms with E-state index < -0.39 is 6.04 Å². The number of furan rings is 1. The van der Waals surface area contributed by atoms with Gasteiger partial charge in [0.05, 0.1) is 12.3 Å². The van der Waals surface area contributed by atoms with Gasteiger partial charge >= 0.3 is 0 Å². The van der Waals surface area contributed by atoms with E-state index in [1.54, 1.807) is 17.0 Å². The third-order valence-electron chi connectivity index (χ3n) is 5.71. The van der Waals surface area contributed by atoms with E-state index in [1.165, 1.54) is 11.8 Å². The number of piperidine rings is 1. The molecule has 1 aliphatic rings. The fourth-order valence-corrected chi connectivity index (χ4v) is 4.10. The molecular formula is C23H31N3O3. The van der Waals surface area contributed by atoms with Crippen LogP contribution in [0, 0.1) is 0 Å². The van der Waals surface area contributed by atoms with Crippen LogP contribution in [-0.2, 0) is 4.79 Å². The van der Waals surface area contributed by atoms with Crippen molar-refractivity contribution in [1.29, 1.82) is 0 Å². The second-order valence-electron chi connectivity index (χ2n) is 7.38. The summed E-state index contributed by atoms with van der Waals surface area (Å²) in [6.45, 7) is 7.16. The lowest BCUT2D eigenvalue weighted by atomic mass is 10.00. The number of amides is 2. The molecule has 2 aromatic rings. The number of rotatable bonds is 8. The maximum absolute atomic E-state index is 13.1. The highest BCUT2D eigenvalue weighted by molar-refractivity contribution is 5.95. The molecule has 2 unspecified atom stereocenters. The van der Waals surface area contributed by atoms with E-state index in [1.807, 2.05) is 18.2 Å². The van der Waals surface area contributed by atoms with Gasteiger partial charge in [-0.05, 0) is 50.0 Å². The molecule has 6 nitrogen and oxygen atoms in total. The molecule has 1 N–H and O–H groups in total. The molecule has 2 atom stereocenters. The predicted molar refractivity (Wildman–Crippen MR) is 112 cm³/mol. The molecule has 0 radical (unpaired) electrons. The molecule has 1 aromatic carbocycles. The summed E-state index contributed by atoms with van der Waals surface area (Å²) < 4.78 is 5.26. The lowest BCUT2D eigenvalue weighted by Gasteiger charge is -2.35. The Labute approximate surface area is 172 Å². The predicted octanol–water partition coefficient (Wildman–Crippen LogP) is 3.47. The molecule has 2 heterocycles. The first-order chi connectivity index (χ1) is 14.2. The third-order valence-corrected chi connectivity index (χ3v) is 5.71. The van der Waals surface area contributed by atoms with Gasteiger partial charge in [0.15, 0.2) is 5.76 Å². The number of likely N-dealkylation sites (tertiary alicyclic amines) is 1. The summed E-state index contributed by atoms with van der Waals surface area (Å²) >= 11 is 0. The average molecular weight is 398 g/mol. The fourth-order valence-electron chi connectivity index (χ4n) is 4.10. The highest BCUT2D eigenvalue weighted by Gasteiger charge is 2.34. The van der Waals surface area contributed by atoms with Crippen molar-refractivity contribution in [3.05, 3.63) is 60.1 Å². The summed E-state index contributed by atoms with van der Waals surface area (Å²) in [6, 6.07) is 13.3. The number of hydrogen-bond donors (Lipinski definition) is 1. The Morgan fingerprint density at radius 2 is 1.90 bits per heavy atom. The Morgan fingerprint density at radius 1 is 1.14 bits per heavy atom. The molecule has 1 aromatic heterocycles. The summed E-state index contributed by atoms with van der Waals surface area (Å²) in [5.74, 6) is -0.00843. The summed E-state index contributed by atoms with van der Waals surface area (Å²) in [4.78, 5) is 29.8. The lowest BCUT2D eigenvalue weighted by Crippen LogP contribution is -2.53. The zero-order valence-corrected chi connectivity index (χ0v) is 17.3. The average Bonchev–Trinajstić information content (AvgIpc) is 3.31. The van der Waals surface area contributed by atoms with Crippen molar-refractivity contribution in [3.8, 4) is 0 Å². The molecule has 1 aliphatic heterocycles. The SMILES string of the molecule is CCN(CC)C(CNC(=O)C1CCCCN1C(=O)c1ccco1)c1ccccc1. The number of likely N-dealkylation sites (N-methyl/N-ethyl adjacent to an activating group) is 1. The highest BCUT2D eigenvalue weighted by atomic mass is 16.3. The van der Waals surface area contributed by atoms with E-state index in [-0.39, 0.29) is 23.6 Å². The quantitative estimate of drug-likeness (QED) is 0.741. The van der Waals surface area contributed by atoms with Gasteiger partial charge in [-0.1, -0.05) is 44.2 Å². The Hall–Kier alpha value is -2.60. The van der Waals surface area contributed by atoms with Gasteiger partial charge in [-0.15, -0.1) is 0 Å². The zero-order valence-electron chi connectivity index (χ0n) is 17.3. The van der Waals surface area contributed by atoms with Crippen LogP contribution in [0.15, 0.2) is 53.1 Å². The summed E-state index contributed by atoms with van der Waals surface area (Å²) in [7, 11) is 0. The minimum atomic E-state index is -0.450. The molecule has 1 saturated heterocycles. The third kappa shape index (κ3) is 5.07. The van der Waals surface area contributed by atoms with E-state index in [0.29, 0.717) is 19.5 Å². The largest absolute Gasteiger partial charge is 0.459 e. The second-order valence-corrected chi connectivity index (χ2v) is 7.38. The fraction of sp³-hybridized carbons (Fsp3) is 0.478. The van der Waals surface area contributed by atoms with E-state index in [4.69, 9.17) is 4.42 Å². The van der Waals surface area contributed by atoms with Gasteiger partial charge in [-0.2, -0.15) is 0 Å². The van der Waals surface area contributed by atoms with E-state index in [0.717, 1.165) is 25.9 Å². The zero-order chi connectivity index (χ0) is 20.6. The number of carbonyl (C=O) groups is 2. The van der Waals surface area contributed by atoms with Crippen molar-refractivity contribution in [1.82, 2.24) is 15.1 Å². The maximum Gasteiger partial charge on any atom is 0.290 e. The van der Waals surface area contributed by atoms with Crippen molar-refractivity contribution in [3.63, 3.8) is 0 Å². The van der Waals surface area contributed by atoms with Gasteiger partial charge < -0.3 is 14.6 Å². The molecule has 29 heavy (non-hydrogen) atoms. The van der Waals surface area contributed by atoms with Crippen LogP contribution in [-0.4, -0.2) is 53.8 Å². The first-order valence-electron chi connectivity index (χ1n) is 10.6. The van der Waals surface area contributed by atoms with Gasteiger partial charge in [0, 0.05) is 13.1 Å². The van der Waals surface area contributed by atoms with Crippen molar-refractivity contribution in [2.75, 3.05) is 26.2 Å². The smallest absolute Gasteiger partial charge is 0.290 e. The molecule has 1 fully saturated rings. The molecule has 0 bridgehead atoms. The minimum Gasteiger partial charge on any atom is -0.459 e. The molecule has 2 amide bonds. The number of carbonyl (C=O) groups excluding carboxylic acids is 2. The standard InChI is InChI=1S/C23H31N3O3/c1-3-25(4-2)20(18-11-6-5-7-12-18)17-24-22(27)19-13-8-9-15-26(19)23(28)21-14-10-16-29-21/h5-7,10-12,14,16,19-20H,3-4,8-9,13,15,17H2,1-2H3,(H,24,27). The summed E-state index contributed by atoms with van der Waals surface area (Å²) in [6.07, 6.45) is 4.01. The first-order valence-corrected chi connectivity index (χ1v) is 10.6. The number of hydrogen-bond acceptors (Lipinski definition) is 4. The molecule has 0 spiro atoms. The van der Waals surface area contributed by atoms with Crippen molar-refractivity contribution < 1.29 is 14.0 Å². The second kappa shape index (κ2) is 10.3. The topological polar surface area (TPSA) is 65.8 Å². The maximum atomic E-state index is 13.1. The highest BCUT2D eigenvalue weighted by Crippen LogP contribution is 2.22. The molecule has 0 saturated carbocycles. The Morgan fingerprint density at radius 3 is 2.55 bits per heavy atom. The molecular weight excluding hydrogens is 366 g/mol.